The van der Waals surface area contributed by atoms with Gasteiger partial charge in [-0.1, -0.05) is 11.3 Å². The molecule has 0 bridgehead atoms. The van der Waals surface area contributed by atoms with Crippen molar-refractivity contribution in [2.75, 3.05) is 11.9 Å². The monoisotopic (exact) mass is 266 g/mol. The number of benzene rings is 1. The van der Waals surface area contributed by atoms with Crippen LogP contribution in [0.1, 0.15) is 11.7 Å². The molecule has 8 heteroatoms. The fourth-order valence-corrected chi connectivity index (χ4v) is 1.83. The van der Waals surface area contributed by atoms with E-state index in [9.17, 15) is 15.2 Å². The Bertz CT molecular complexity index is 514. The lowest BCUT2D eigenvalue weighted by molar-refractivity contribution is -0.384. The van der Waals surface area contributed by atoms with E-state index < -0.39 is 11.0 Å². The summed E-state index contributed by atoms with van der Waals surface area (Å²) in [4.78, 5) is 10.0. The van der Waals surface area contributed by atoms with Crippen molar-refractivity contribution in [3.05, 3.63) is 45.5 Å². The molecule has 0 saturated heterocycles. The highest BCUT2D eigenvalue weighted by Crippen LogP contribution is 2.18. The third-order valence-electron chi connectivity index (χ3n) is 2.30. The zero-order chi connectivity index (χ0) is 13.0. The summed E-state index contributed by atoms with van der Waals surface area (Å²) in [6.45, 7) is 0.271. The van der Waals surface area contributed by atoms with Crippen LogP contribution in [-0.4, -0.2) is 26.8 Å². The van der Waals surface area contributed by atoms with Gasteiger partial charge in [0.2, 0.25) is 5.13 Å². The normalized spacial score (nSPS) is 12.1. The fraction of sp³-hybridized carbons (Fsp3) is 0.200. The molecule has 0 fully saturated rings. The largest absolute Gasteiger partial charge is 0.387 e. The number of rotatable bonds is 5. The van der Waals surface area contributed by atoms with Crippen LogP contribution < -0.4 is 5.32 Å². The quantitative estimate of drug-likeness (QED) is 0.629. The zero-order valence-corrected chi connectivity index (χ0v) is 10.0. The summed E-state index contributed by atoms with van der Waals surface area (Å²) in [5, 5.41) is 31.3. The molecule has 0 aliphatic rings. The second-order valence-corrected chi connectivity index (χ2v) is 4.32. The standard InChI is InChI=1S/C10H10N4O3S/c15-9(5-11-10-13-12-6-18-10)7-1-3-8(4-2-7)14(16)17/h1-4,6,9,15H,5H2,(H,11,13). The van der Waals surface area contributed by atoms with Gasteiger partial charge in [-0.2, -0.15) is 0 Å². The van der Waals surface area contributed by atoms with Gasteiger partial charge in [0.05, 0.1) is 11.0 Å². The number of nitro benzene ring substituents is 1. The lowest BCUT2D eigenvalue weighted by Crippen LogP contribution is -2.12. The Kier molecular flexibility index (Phi) is 3.80. The molecule has 2 rings (SSSR count). The van der Waals surface area contributed by atoms with Crippen LogP contribution in [0, 0.1) is 10.1 Å². The van der Waals surface area contributed by atoms with Crippen molar-refractivity contribution in [3.63, 3.8) is 0 Å². The molecule has 1 aromatic heterocycles. The van der Waals surface area contributed by atoms with E-state index in [4.69, 9.17) is 0 Å². The van der Waals surface area contributed by atoms with Crippen molar-refractivity contribution in [1.82, 2.24) is 10.2 Å². The number of nitro groups is 1. The van der Waals surface area contributed by atoms with E-state index in [1.165, 1.54) is 35.6 Å². The lowest BCUT2D eigenvalue weighted by Gasteiger charge is -2.10. The average molecular weight is 266 g/mol. The Morgan fingerprint density at radius 1 is 1.44 bits per heavy atom. The summed E-state index contributed by atoms with van der Waals surface area (Å²) in [6.07, 6.45) is -0.755. The van der Waals surface area contributed by atoms with Gasteiger partial charge < -0.3 is 10.4 Å². The minimum Gasteiger partial charge on any atom is -0.387 e. The summed E-state index contributed by atoms with van der Waals surface area (Å²) in [5.74, 6) is 0. The summed E-state index contributed by atoms with van der Waals surface area (Å²) in [5.41, 5.74) is 2.20. The van der Waals surface area contributed by atoms with Crippen molar-refractivity contribution in [1.29, 1.82) is 0 Å². The Morgan fingerprint density at radius 2 is 2.17 bits per heavy atom. The molecule has 0 spiro atoms. The van der Waals surface area contributed by atoms with Gasteiger partial charge in [-0.25, -0.2) is 0 Å². The van der Waals surface area contributed by atoms with Crippen molar-refractivity contribution in [3.8, 4) is 0 Å². The first-order valence-corrected chi connectivity index (χ1v) is 5.97. The molecule has 7 nitrogen and oxygen atoms in total. The zero-order valence-electron chi connectivity index (χ0n) is 9.18. The minimum absolute atomic E-state index is 0.00281. The Morgan fingerprint density at radius 3 is 2.72 bits per heavy atom. The maximum Gasteiger partial charge on any atom is 0.269 e. The van der Waals surface area contributed by atoms with Crippen LogP contribution in [0.5, 0.6) is 0 Å². The van der Waals surface area contributed by atoms with Gasteiger partial charge in [0.25, 0.3) is 5.69 Å². The topological polar surface area (TPSA) is 101 Å². The SMILES string of the molecule is O=[N+]([O-])c1ccc(C(O)CNc2nncs2)cc1. The molecule has 0 amide bonds. The molecule has 1 unspecified atom stereocenters. The smallest absolute Gasteiger partial charge is 0.269 e. The number of nitrogens with one attached hydrogen (secondary N) is 1. The molecule has 0 aliphatic carbocycles. The molecule has 0 saturated carbocycles. The molecule has 18 heavy (non-hydrogen) atoms. The highest BCUT2D eigenvalue weighted by Gasteiger charge is 2.10. The summed E-state index contributed by atoms with van der Waals surface area (Å²) in [7, 11) is 0. The van der Waals surface area contributed by atoms with Crippen LogP contribution >= 0.6 is 11.3 Å². The number of aliphatic hydroxyl groups excluding tert-OH is 1. The van der Waals surface area contributed by atoms with Crippen molar-refractivity contribution in [2.24, 2.45) is 0 Å². The van der Waals surface area contributed by atoms with E-state index in [0.29, 0.717) is 10.7 Å². The molecule has 0 aliphatic heterocycles. The van der Waals surface area contributed by atoms with E-state index in [1.807, 2.05) is 0 Å². The van der Waals surface area contributed by atoms with Crippen molar-refractivity contribution in [2.45, 2.75) is 6.10 Å². The van der Waals surface area contributed by atoms with Gasteiger partial charge in [0.1, 0.15) is 5.51 Å². The van der Waals surface area contributed by atoms with Crippen molar-refractivity contribution >= 4 is 22.2 Å². The number of aliphatic hydroxyl groups is 1. The van der Waals surface area contributed by atoms with Gasteiger partial charge in [-0.3, -0.25) is 10.1 Å². The van der Waals surface area contributed by atoms with E-state index in [0.717, 1.165) is 0 Å². The first-order chi connectivity index (χ1) is 8.66. The first kappa shape index (κ1) is 12.4. The Balaban J connectivity index is 1.96. The predicted molar refractivity (Wildman–Crippen MR) is 66.5 cm³/mol. The van der Waals surface area contributed by atoms with Gasteiger partial charge in [0, 0.05) is 18.7 Å². The van der Waals surface area contributed by atoms with Gasteiger partial charge in [-0.15, -0.1) is 10.2 Å². The Labute approximate surface area is 106 Å². The summed E-state index contributed by atoms with van der Waals surface area (Å²) >= 11 is 1.33. The maximum absolute atomic E-state index is 10.5. The second-order valence-electron chi connectivity index (χ2n) is 3.49. The van der Waals surface area contributed by atoms with E-state index in [-0.39, 0.29) is 12.2 Å². The van der Waals surface area contributed by atoms with Crippen LogP contribution in [0.25, 0.3) is 0 Å². The van der Waals surface area contributed by atoms with Crippen molar-refractivity contribution < 1.29 is 10.0 Å². The first-order valence-electron chi connectivity index (χ1n) is 5.09. The van der Waals surface area contributed by atoms with Crippen LogP contribution in [0.2, 0.25) is 0 Å². The summed E-state index contributed by atoms with van der Waals surface area (Å²) in [6, 6.07) is 5.79. The Hall–Kier alpha value is -2.06. The number of anilines is 1. The number of nitrogens with zero attached hydrogens (tertiary/aromatic N) is 3. The molecule has 2 aromatic rings. The molecular weight excluding hydrogens is 256 g/mol. The number of hydrogen-bond acceptors (Lipinski definition) is 7. The van der Waals surface area contributed by atoms with Gasteiger partial charge >= 0.3 is 0 Å². The fourth-order valence-electron chi connectivity index (χ4n) is 1.37. The highest BCUT2D eigenvalue weighted by molar-refractivity contribution is 7.13. The van der Waals surface area contributed by atoms with Gasteiger partial charge in [0.15, 0.2) is 0 Å². The number of hydrogen-bond donors (Lipinski definition) is 2. The van der Waals surface area contributed by atoms with Crippen LogP contribution in [0.3, 0.4) is 0 Å². The molecule has 0 radical (unpaired) electrons. The maximum atomic E-state index is 10.5. The number of non-ortho nitro benzene ring substituents is 1. The summed E-state index contributed by atoms with van der Waals surface area (Å²) < 4.78 is 0. The molecule has 2 N–H and O–H groups in total. The third-order valence-corrected chi connectivity index (χ3v) is 2.94. The third kappa shape index (κ3) is 2.99. The minimum atomic E-state index is -0.755. The molecule has 1 aromatic carbocycles. The predicted octanol–water partition coefficient (Wildman–Crippen LogP) is 1.59. The van der Waals surface area contributed by atoms with Crippen LogP contribution in [0.15, 0.2) is 29.8 Å². The lowest BCUT2D eigenvalue weighted by atomic mass is 10.1. The average Bonchev–Trinajstić information content (AvgIpc) is 2.89. The van der Waals surface area contributed by atoms with Crippen LogP contribution in [0.4, 0.5) is 10.8 Å². The number of aromatic nitrogens is 2. The van der Waals surface area contributed by atoms with E-state index >= 15 is 0 Å². The van der Waals surface area contributed by atoms with Gasteiger partial charge in [-0.05, 0) is 17.7 Å². The van der Waals surface area contributed by atoms with Crippen LogP contribution in [-0.2, 0) is 0 Å². The second kappa shape index (κ2) is 5.52. The van der Waals surface area contributed by atoms with E-state index in [1.54, 1.807) is 5.51 Å². The molecular formula is C10H10N4O3S. The molecule has 94 valence electrons. The van der Waals surface area contributed by atoms with E-state index in [2.05, 4.69) is 15.5 Å². The molecule has 1 heterocycles. The molecule has 1 atom stereocenters. The highest BCUT2D eigenvalue weighted by atomic mass is 32.1.